The molecule has 1 unspecified atom stereocenters. The number of ketones is 2. The number of aliphatic hydroxyl groups is 1. The summed E-state index contributed by atoms with van der Waals surface area (Å²) in [6.45, 7) is 11.2. The smallest absolute Gasteiger partial charge is 0.265 e. The average Bonchev–Trinajstić information content (AvgIpc) is 3.80. The van der Waals surface area contributed by atoms with Crippen LogP contribution in [0.2, 0.25) is 18.1 Å². The van der Waals surface area contributed by atoms with Crippen LogP contribution in [0, 0.1) is 17.7 Å². The number of halogens is 1. The summed E-state index contributed by atoms with van der Waals surface area (Å²) in [5.74, 6) is -3.36. The van der Waals surface area contributed by atoms with Crippen LogP contribution in [0.25, 0.3) is 0 Å². The van der Waals surface area contributed by atoms with Crippen LogP contribution in [-0.2, 0) is 24.1 Å². The maximum absolute atomic E-state index is 17.0. The van der Waals surface area contributed by atoms with Gasteiger partial charge in [0.25, 0.3) is 5.88 Å². The molecule has 1 aromatic heterocycles. The zero-order chi connectivity index (χ0) is 39.7. The molecule has 0 amide bonds. The summed E-state index contributed by atoms with van der Waals surface area (Å²) >= 11 is 0. The molecule has 10 nitrogen and oxygen atoms in total. The summed E-state index contributed by atoms with van der Waals surface area (Å²) in [5, 5.41) is 16.5. The van der Waals surface area contributed by atoms with E-state index in [1.54, 1.807) is 6.07 Å². The molecule has 4 aliphatic rings. The predicted molar refractivity (Wildman–Crippen MR) is 211 cm³/mol. The SMILES string of the molecule is CN1CCCC1c1cc(OCc2ccccc2)c2c(c1F)C[C@H]1C[C@H]3[C@H](N)c4onc(OCc5ccccc5)c4C(=O)[C@@]3(O[Si](C)(C)C(C)(C)C)C(O)=C1C2=O. The van der Waals surface area contributed by atoms with Gasteiger partial charge in [0.15, 0.2) is 25.5 Å². The molecule has 2 heterocycles. The zero-order valence-corrected chi connectivity index (χ0v) is 33.9. The molecule has 1 fully saturated rings. The lowest BCUT2D eigenvalue weighted by atomic mass is 9.59. The second-order valence-corrected chi connectivity index (χ2v) is 22.1. The molecule has 56 heavy (non-hydrogen) atoms. The first-order valence-electron chi connectivity index (χ1n) is 19.5. The Morgan fingerprint density at radius 3 is 2.27 bits per heavy atom. The van der Waals surface area contributed by atoms with Gasteiger partial charge in [-0.3, -0.25) is 14.5 Å². The largest absolute Gasteiger partial charge is 0.508 e. The molecular weight excluding hydrogens is 730 g/mol. The van der Waals surface area contributed by atoms with Crippen LogP contribution in [0.3, 0.4) is 0 Å². The van der Waals surface area contributed by atoms with Gasteiger partial charge in [0.2, 0.25) is 5.78 Å². The molecule has 1 aliphatic heterocycles. The number of hydrogen-bond acceptors (Lipinski definition) is 10. The number of aromatic nitrogens is 1. The van der Waals surface area contributed by atoms with Crippen molar-refractivity contribution in [3.05, 3.63) is 123 Å². The van der Waals surface area contributed by atoms with Crippen molar-refractivity contribution in [1.29, 1.82) is 0 Å². The van der Waals surface area contributed by atoms with Crippen molar-refractivity contribution in [3.63, 3.8) is 0 Å². The van der Waals surface area contributed by atoms with Crippen molar-refractivity contribution < 1.29 is 37.5 Å². The number of aliphatic hydroxyl groups excluding tert-OH is 1. The second-order valence-electron chi connectivity index (χ2n) is 17.3. The fourth-order valence-electron chi connectivity index (χ4n) is 8.88. The summed E-state index contributed by atoms with van der Waals surface area (Å²) in [6, 6.07) is 19.5. The molecule has 8 rings (SSSR count). The van der Waals surface area contributed by atoms with Gasteiger partial charge in [0, 0.05) is 28.7 Å². The van der Waals surface area contributed by atoms with Gasteiger partial charge in [-0.05, 0) is 85.7 Å². The van der Waals surface area contributed by atoms with Crippen LogP contribution in [0.1, 0.15) is 101 Å². The Bertz CT molecular complexity index is 2220. The van der Waals surface area contributed by atoms with E-state index in [4.69, 9.17) is 24.2 Å². The van der Waals surface area contributed by atoms with Gasteiger partial charge in [-0.25, -0.2) is 4.39 Å². The van der Waals surface area contributed by atoms with E-state index in [9.17, 15) is 5.11 Å². The quantitative estimate of drug-likeness (QED) is 0.159. The normalized spacial score (nSPS) is 25.1. The fourth-order valence-corrected chi connectivity index (χ4v) is 10.3. The summed E-state index contributed by atoms with van der Waals surface area (Å²) in [4.78, 5) is 32.6. The maximum atomic E-state index is 17.0. The first-order chi connectivity index (χ1) is 26.6. The van der Waals surface area contributed by atoms with Crippen LogP contribution >= 0.6 is 0 Å². The van der Waals surface area contributed by atoms with Gasteiger partial charge in [0.05, 0.1) is 11.6 Å². The molecule has 12 heteroatoms. The number of nitrogens with zero attached hydrogens (tertiary/aromatic N) is 2. The Morgan fingerprint density at radius 1 is 1.02 bits per heavy atom. The topological polar surface area (TPSA) is 137 Å². The summed E-state index contributed by atoms with van der Waals surface area (Å²) in [6.07, 6.45) is 1.95. The van der Waals surface area contributed by atoms with E-state index >= 15 is 14.0 Å². The molecule has 4 aromatic rings. The number of hydrogen-bond donors (Lipinski definition) is 2. The Balaban J connectivity index is 1.28. The molecule has 0 saturated carbocycles. The van der Waals surface area contributed by atoms with Crippen molar-refractivity contribution in [2.24, 2.45) is 17.6 Å². The molecular formula is C44H50FN3O7Si. The highest BCUT2D eigenvalue weighted by Gasteiger charge is 2.66. The number of allylic oxidation sites excluding steroid dienone is 1. The monoisotopic (exact) mass is 779 g/mol. The molecule has 3 N–H and O–H groups in total. The van der Waals surface area contributed by atoms with Crippen LogP contribution < -0.4 is 15.2 Å². The third kappa shape index (κ3) is 6.12. The van der Waals surface area contributed by atoms with Crippen molar-refractivity contribution >= 4 is 19.9 Å². The number of fused-ring (bicyclic) bond motifs is 4. The lowest BCUT2D eigenvalue weighted by Gasteiger charge is -2.53. The van der Waals surface area contributed by atoms with Gasteiger partial charge >= 0.3 is 0 Å². The van der Waals surface area contributed by atoms with Crippen molar-refractivity contribution in [3.8, 4) is 11.6 Å². The molecule has 3 aromatic carbocycles. The van der Waals surface area contributed by atoms with E-state index in [1.807, 2.05) is 102 Å². The van der Waals surface area contributed by atoms with E-state index in [0.717, 1.165) is 30.5 Å². The summed E-state index contributed by atoms with van der Waals surface area (Å²) < 4.78 is 42.4. The van der Waals surface area contributed by atoms with E-state index in [1.165, 1.54) is 0 Å². The Morgan fingerprint density at radius 2 is 1.66 bits per heavy atom. The van der Waals surface area contributed by atoms with Crippen LogP contribution in [0.4, 0.5) is 4.39 Å². The second kappa shape index (κ2) is 14.1. The Labute approximate surface area is 327 Å². The minimum absolute atomic E-state index is 0.0131. The minimum atomic E-state index is -2.92. The van der Waals surface area contributed by atoms with E-state index in [2.05, 4.69) is 10.1 Å². The highest BCUT2D eigenvalue weighted by Crippen LogP contribution is 2.58. The van der Waals surface area contributed by atoms with Gasteiger partial charge in [0.1, 0.15) is 36.1 Å². The highest BCUT2D eigenvalue weighted by molar-refractivity contribution is 6.74. The standard InChI is InChI=1S/C44H50FN3O7Si/c1-43(2,3)56(5,6)55-44-30(37(46)39-35(41(44)51)42(47-54-39)53-24-26-16-11-8-12-17-26)21-27-20-29-34(38(49)33(27)40(44)50)32(52-23-25-14-9-7-10-15-25)22-28(36(29)45)31-18-13-19-48(31)4/h7-12,14-17,22,27,30-31,37,50H,13,18-21,23-24,46H2,1-6H3/t27-,30-,31?,37-,44-/m0/s1. The molecule has 5 atom stereocenters. The van der Waals surface area contributed by atoms with E-state index in [0.29, 0.717) is 5.56 Å². The average molecular weight is 780 g/mol. The number of carbonyl (C=O) groups is 2. The van der Waals surface area contributed by atoms with Crippen molar-refractivity contribution in [2.75, 3.05) is 13.6 Å². The first kappa shape index (κ1) is 38.3. The van der Waals surface area contributed by atoms with Gasteiger partial charge in [-0.15, -0.1) is 0 Å². The number of nitrogens with two attached hydrogens (primary N) is 1. The van der Waals surface area contributed by atoms with Gasteiger partial charge in [-0.1, -0.05) is 81.4 Å². The third-order valence-electron chi connectivity index (χ3n) is 12.9. The lowest BCUT2D eigenvalue weighted by molar-refractivity contribution is -0.0273. The molecule has 0 radical (unpaired) electrons. The third-order valence-corrected chi connectivity index (χ3v) is 17.3. The van der Waals surface area contributed by atoms with E-state index < -0.39 is 60.0 Å². The number of rotatable bonds is 9. The van der Waals surface area contributed by atoms with Crippen molar-refractivity contribution in [2.45, 2.75) is 95.5 Å². The number of benzene rings is 3. The molecule has 3 aliphatic carbocycles. The maximum Gasteiger partial charge on any atom is 0.265 e. The lowest BCUT2D eigenvalue weighted by Crippen LogP contribution is -2.64. The van der Waals surface area contributed by atoms with Crippen LogP contribution in [0.15, 0.2) is 82.6 Å². The van der Waals surface area contributed by atoms with E-state index in [-0.39, 0.29) is 71.8 Å². The number of ether oxygens (including phenoxy) is 2. The molecule has 294 valence electrons. The highest BCUT2D eigenvalue weighted by atomic mass is 28.4. The Hall–Kier alpha value is -4.62. The zero-order valence-electron chi connectivity index (χ0n) is 32.9. The molecule has 0 spiro atoms. The summed E-state index contributed by atoms with van der Waals surface area (Å²) in [7, 11) is -0.947. The fraction of sp³-hybridized carbons (Fsp3) is 0.432. The van der Waals surface area contributed by atoms with Crippen molar-refractivity contribution in [1.82, 2.24) is 10.1 Å². The summed E-state index contributed by atoms with van der Waals surface area (Å²) in [5.41, 5.74) is 7.54. The number of Topliss-reactive ketones (excluding diaryl/α,β-unsaturated/α-hetero) is 2. The van der Waals surface area contributed by atoms with Crippen LogP contribution in [-0.4, -0.2) is 54.2 Å². The number of likely N-dealkylation sites (tertiary alicyclic amines) is 1. The first-order valence-corrected chi connectivity index (χ1v) is 22.4. The predicted octanol–water partition coefficient (Wildman–Crippen LogP) is 8.58. The molecule has 1 saturated heterocycles. The van der Waals surface area contributed by atoms with Gasteiger partial charge in [-0.2, -0.15) is 0 Å². The molecule has 0 bridgehead atoms. The minimum Gasteiger partial charge on any atom is -0.508 e. The Kier molecular flexibility index (Phi) is 9.62. The van der Waals surface area contributed by atoms with Gasteiger partial charge < -0.3 is 29.3 Å². The van der Waals surface area contributed by atoms with Crippen LogP contribution in [0.5, 0.6) is 11.6 Å². The number of carbonyl (C=O) groups excluding carboxylic acids is 2.